The zero-order chi connectivity index (χ0) is 7.94. The van der Waals surface area contributed by atoms with Gasteiger partial charge in [0.25, 0.3) is 0 Å². The fraction of sp³-hybridized carbons (Fsp3) is 0.778. The van der Waals surface area contributed by atoms with Crippen molar-refractivity contribution in [3.63, 3.8) is 0 Å². The average molecular weight is 153 g/mol. The van der Waals surface area contributed by atoms with Crippen LogP contribution in [0.2, 0.25) is 0 Å². The van der Waals surface area contributed by atoms with Crippen molar-refractivity contribution in [2.24, 2.45) is 0 Å². The molecule has 0 spiro atoms. The first-order chi connectivity index (χ1) is 5.43. The van der Waals surface area contributed by atoms with E-state index in [1.165, 1.54) is 12.8 Å². The maximum Gasteiger partial charge on any atom is 0.0620 e. The molecule has 0 saturated carbocycles. The highest BCUT2D eigenvalue weighted by Gasteiger charge is 2.12. The summed E-state index contributed by atoms with van der Waals surface area (Å²) >= 11 is 0. The van der Waals surface area contributed by atoms with Gasteiger partial charge in [0, 0.05) is 12.5 Å². The van der Waals surface area contributed by atoms with Crippen molar-refractivity contribution < 1.29 is 4.74 Å². The van der Waals surface area contributed by atoms with E-state index < -0.39 is 0 Å². The Bertz CT molecular complexity index is 133. The summed E-state index contributed by atoms with van der Waals surface area (Å²) in [6.07, 6.45) is 8.33. The van der Waals surface area contributed by atoms with Gasteiger partial charge in [-0.3, -0.25) is 0 Å². The second-order valence-corrected chi connectivity index (χ2v) is 2.82. The molecule has 0 aliphatic carbocycles. The van der Waals surface area contributed by atoms with Gasteiger partial charge in [-0.15, -0.1) is 12.3 Å². The quantitative estimate of drug-likeness (QED) is 0.476. The van der Waals surface area contributed by atoms with Crippen LogP contribution in [0, 0.1) is 12.3 Å². The number of hydrogen-bond donors (Lipinski definition) is 1. The summed E-state index contributed by atoms with van der Waals surface area (Å²) in [5.74, 6) is 2.55. The third-order valence-electron chi connectivity index (χ3n) is 1.87. The van der Waals surface area contributed by atoms with Gasteiger partial charge in [-0.2, -0.15) is 0 Å². The molecule has 0 bridgehead atoms. The van der Waals surface area contributed by atoms with E-state index in [9.17, 15) is 0 Å². The first-order valence-corrected chi connectivity index (χ1v) is 4.18. The van der Waals surface area contributed by atoms with Crippen LogP contribution in [0.4, 0.5) is 0 Å². The smallest absolute Gasteiger partial charge is 0.0620 e. The van der Waals surface area contributed by atoms with Gasteiger partial charge in [0.15, 0.2) is 0 Å². The maximum atomic E-state index is 5.35. The Labute approximate surface area is 68.3 Å². The Morgan fingerprint density at radius 1 is 1.64 bits per heavy atom. The van der Waals surface area contributed by atoms with Crippen LogP contribution >= 0.6 is 0 Å². The summed E-state index contributed by atoms with van der Waals surface area (Å²) in [6.45, 7) is 2.67. The first kappa shape index (κ1) is 8.58. The number of hydrogen-bond acceptors (Lipinski definition) is 2. The molecule has 1 fully saturated rings. The Morgan fingerprint density at radius 3 is 3.18 bits per heavy atom. The minimum Gasteiger partial charge on any atom is -0.379 e. The molecule has 1 heterocycles. The van der Waals surface area contributed by atoms with E-state index in [1.807, 2.05) is 0 Å². The highest BCUT2D eigenvalue weighted by molar-refractivity contribution is 4.83. The monoisotopic (exact) mass is 153 g/mol. The summed E-state index contributed by atoms with van der Waals surface area (Å²) in [5.41, 5.74) is 0. The molecule has 1 unspecified atom stereocenters. The molecule has 0 aromatic heterocycles. The average Bonchev–Trinajstić information content (AvgIpc) is 2.50. The van der Waals surface area contributed by atoms with Crippen molar-refractivity contribution in [3.8, 4) is 12.3 Å². The van der Waals surface area contributed by atoms with Crippen LogP contribution in [0.5, 0.6) is 0 Å². The van der Waals surface area contributed by atoms with E-state index in [0.29, 0.717) is 12.6 Å². The van der Waals surface area contributed by atoms with E-state index >= 15 is 0 Å². The summed E-state index contributed by atoms with van der Waals surface area (Å²) in [7, 11) is 0. The SMILES string of the molecule is C#CCCOCC1CCCN1. The van der Waals surface area contributed by atoms with Crippen molar-refractivity contribution in [3.05, 3.63) is 0 Å². The van der Waals surface area contributed by atoms with Gasteiger partial charge < -0.3 is 10.1 Å². The second kappa shape index (κ2) is 5.17. The van der Waals surface area contributed by atoms with Crippen LogP contribution in [0.25, 0.3) is 0 Å². The lowest BCUT2D eigenvalue weighted by Gasteiger charge is -2.09. The maximum absolute atomic E-state index is 5.35. The fourth-order valence-electron chi connectivity index (χ4n) is 1.26. The zero-order valence-electron chi connectivity index (χ0n) is 6.81. The molecule has 1 saturated heterocycles. The van der Waals surface area contributed by atoms with Gasteiger partial charge >= 0.3 is 0 Å². The third kappa shape index (κ3) is 3.41. The molecule has 11 heavy (non-hydrogen) atoms. The number of rotatable bonds is 4. The van der Waals surface area contributed by atoms with Gasteiger partial charge in [-0.25, -0.2) is 0 Å². The lowest BCUT2D eigenvalue weighted by atomic mass is 10.2. The van der Waals surface area contributed by atoms with Crippen molar-refractivity contribution >= 4 is 0 Å². The number of nitrogens with one attached hydrogen (secondary N) is 1. The normalized spacial score (nSPS) is 23.4. The van der Waals surface area contributed by atoms with Gasteiger partial charge in [-0.1, -0.05) is 0 Å². The highest BCUT2D eigenvalue weighted by atomic mass is 16.5. The first-order valence-electron chi connectivity index (χ1n) is 4.18. The molecule has 2 nitrogen and oxygen atoms in total. The topological polar surface area (TPSA) is 21.3 Å². The van der Waals surface area contributed by atoms with Crippen LogP contribution < -0.4 is 5.32 Å². The number of terminal acetylenes is 1. The van der Waals surface area contributed by atoms with Crippen molar-refractivity contribution in [1.82, 2.24) is 5.32 Å². The predicted molar refractivity (Wildman–Crippen MR) is 45.3 cm³/mol. The summed E-state index contributed by atoms with van der Waals surface area (Å²) < 4.78 is 5.35. The molecule has 1 N–H and O–H groups in total. The largest absolute Gasteiger partial charge is 0.379 e. The van der Waals surface area contributed by atoms with Crippen LogP contribution in [0.3, 0.4) is 0 Å². The van der Waals surface area contributed by atoms with E-state index in [4.69, 9.17) is 11.2 Å². The Morgan fingerprint density at radius 2 is 2.55 bits per heavy atom. The predicted octanol–water partition coefficient (Wildman–Crippen LogP) is 0.778. The van der Waals surface area contributed by atoms with E-state index in [1.54, 1.807) is 0 Å². The molecule has 1 atom stereocenters. The summed E-state index contributed by atoms with van der Waals surface area (Å²) in [6, 6.07) is 0.577. The number of ether oxygens (including phenoxy) is 1. The fourth-order valence-corrected chi connectivity index (χ4v) is 1.26. The zero-order valence-corrected chi connectivity index (χ0v) is 6.81. The van der Waals surface area contributed by atoms with Crippen molar-refractivity contribution in [2.45, 2.75) is 25.3 Å². The molecule has 62 valence electrons. The van der Waals surface area contributed by atoms with Crippen molar-refractivity contribution in [2.75, 3.05) is 19.8 Å². The van der Waals surface area contributed by atoms with Gasteiger partial charge in [0.05, 0.1) is 13.2 Å². The van der Waals surface area contributed by atoms with E-state index in [0.717, 1.165) is 19.6 Å². The minimum atomic E-state index is 0.577. The van der Waals surface area contributed by atoms with Gasteiger partial charge in [-0.05, 0) is 19.4 Å². The molecule has 0 radical (unpaired) electrons. The van der Waals surface area contributed by atoms with Crippen LogP contribution in [0.15, 0.2) is 0 Å². The molecule has 0 aromatic carbocycles. The third-order valence-corrected chi connectivity index (χ3v) is 1.87. The van der Waals surface area contributed by atoms with E-state index in [-0.39, 0.29) is 0 Å². The lowest BCUT2D eigenvalue weighted by molar-refractivity contribution is 0.121. The Hall–Kier alpha value is -0.520. The Kier molecular flexibility index (Phi) is 4.03. The van der Waals surface area contributed by atoms with Crippen LogP contribution in [-0.4, -0.2) is 25.8 Å². The lowest BCUT2D eigenvalue weighted by Crippen LogP contribution is -2.26. The van der Waals surface area contributed by atoms with Crippen molar-refractivity contribution in [1.29, 1.82) is 0 Å². The van der Waals surface area contributed by atoms with Crippen LogP contribution in [0.1, 0.15) is 19.3 Å². The van der Waals surface area contributed by atoms with E-state index in [2.05, 4.69) is 11.2 Å². The molecular weight excluding hydrogens is 138 g/mol. The molecule has 1 aliphatic heterocycles. The molecule has 1 aliphatic rings. The molecule has 2 heteroatoms. The van der Waals surface area contributed by atoms with Gasteiger partial charge in [0.1, 0.15) is 0 Å². The molecule has 0 aromatic rings. The standard InChI is InChI=1S/C9H15NO/c1-2-3-7-11-8-9-5-4-6-10-9/h1,9-10H,3-8H2. The second-order valence-electron chi connectivity index (χ2n) is 2.82. The molecular formula is C9H15NO. The minimum absolute atomic E-state index is 0.577. The van der Waals surface area contributed by atoms with Gasteiger partial charge in [0.2, 0.25) is 0 Å². The molecule has 0 amide bonds. The van der Waals surface area contributed by atoms with Crippen LogP contribution in [-0.2, 0) is 4.74 Å². The highest BCUT2D eigenvalue weighted by Crippen LogP contribution is 2.04. The summed E-state index contributed by atoms with van der Waals surface area (Å²) in [5, 5.41) is 3.36. The Balaban J connectivity index is 1.90. The summed E-state index contributed by atoms with van der Waals surface area (Å²) in [4.78, 5) is 0. The molecule has 1 rings (SSSR count).